The van der Waals surface area contributed by atoms with Crippen molar-refractivity contribution in [3.63, 3.8) is 0 Å². The van der Waals surface area contributed by atoms with Crippen molar-refractivity contribution in [2.45, 2.75) is 0 Å². The molecule has 90 valence electrons. The lowest BCUT2D eigenvalue weighted by atomic mass is 10.2. The molecule has 1 aromatic carbocycles. The van der Waals surface area contributed by atoms with Crippen LogP contribution in [0.2, 0.25) is 5.02 Å². The number of imidazole rings is 1. The number of aromatic amines is 1. The third kappa shape index (κ3) is 1.95. The molecule has 18 heavy (non-hydrogen) atoms. The van der Waals surface area contributed by atoms with E-state index >= 15 is 0 Å². The van der Waals surface area contributed by atoms with Crippen molar-refractivity contribution in [1.29, 1.82) is 0 Å². The number of nitrogens with two attached hydrogens (primary N) is 1. The number of benzene rings is 1. The van der Waals surface area contributed by atoms with Gasteiger partial charge in [-0.1, -0.05) is 11.6 Å². The van der Waals surface area contributed by atoms with Crippen LogP contribution >= 0.6 is 27.5 Å². The van der Waals surface area contributed by atoms with Crippen molar-refractivity contribution in [3.05, 3.63) is 39.8 Å². The number of hydrogen-bond acceptors (Lipinski definition) is 3. The van der Waals surface area contributed by atoms with Crippen molar-refractivity contribution in [2.75, 3.05) is 5.73 Å². The minimum absolute atomic E-state index is 0.456. The molecule has 3 N–H and O–H groups in total. The predicted octanol–water partition coefficient (Wildman–Crippen LogP) is 3.62. The van der Waals surface area contributed by atoms with Gasteiger partial charge in [-0.25, -0.2) is 9.97 Å². The highest BCUT2D eigenvalue weighted by Gasteiger charge is 2.08. The Kier molecular flexibility index (Phi) is 2.72. The molecular weight excluding hydrogens is 316 g/mol. The van der Waals surface area contributed by atoms with Gasteiger partial charge in [-0.2, -0.15) is 0 Å². The average Bonchev–Trinajstić information content (AvgIpc) is 2.75. The maximum atomic E-state index is 5.96. The normalized spacial score (nSPS) is 11.0. The fraction of sp³-hybridized carbons (Fsp3) is 0. The topological polar surface area (TPSA) is 67.6 Å². The minimum Gasteiger partial charge on any atom is -0.384 e. The zero-order chi connectivity index (χ0) is 12.7. The Morgan fingerprint density at radius 2 is 2.00 bits per heavy atom. The minimum atomic E-state index is 0.456. The van der Waals surface area contributed by atoms with E-state index in [1.54, 1.807) is 6.07 Å². The molecule has 0 spiro atoms. The van der Waals surface area contributed by atoms with Gasteiger partial charge in [-0.05, 0) is 46.3 Å². The van der Waals surface area contributed by atoms with Crippen molar-refractivity contribution in [3.8, 4) is 11.4 Å². The number of hydrogen-bond donors (Lipinski definition) is 2. The summed E-state index contributed by atoms with van der Waals surface area (Å²) >= 11 is 9.35. The first kappa shape index (κ1) is 11.5. The molecule has 0 aliphatic rings. The first-order chi connectivity index (χ1) is 8.63. The van der Waals surface area contributed by atoms with E-state index in [-0.39, 0.29) is 0 Å². The largest absolute Gasteiger partial charge is 0.384 e. The van der Waals surface area contributed by atoms with Crippen molar-refractivity contribution < 1.29 is 0 Å². The van der Waals surface area contributed by atoms with Crippen LogP contribution in [0.4, 0.5) is 5.82 Å². The maximum Gasteiger partial charge on any atom is 0.180 e. The molecule has 0 aliphatic heterocycles. The molecule has 0 bridgehead atoms. The van der Waals surface area contributed by atoms with Crippen LogP contribution in [0.1, 0.15) is 0 Å². The molecule has 6 heteroatoms. The molecule has 0 atom stereocenters. The lowest BCUT2D eigenvalue weighted by molar-refractivity contribution is 1.30. The monoisotopic (exact) mass is 322 g/mol. The van der Waals surface area contributed by atoms with Crippen molar-refractivity contribution in [1.82, 2.24) is 15.0 Å². The standard InChI is InChI=1S/C12H8BrClN4/c13-7-5-6(1-2-8(7)14)11-16-9-3-4-10(15)17-12(9)18-11/h1-5H,(H3,15,16,17,18). The van der Waals surface area contributed by atoms with E-state index in [0.717, 1.165) is 21.4 Å². The number of aromatic nitrogens is 3. The molecular formula is C12H8BrClN4. The number of halogens is 2. The summed E-state index contributed by atoms with van der Waals surface area (Å²) in [6.07, 6.45) is 0. The highest BCUT2D eigenvalue weighted by molar-refractivity contribution is 9.10. The smallest absolute Gasteiger partial charge is 0.180 e. The zero-order valence-corrected chi connectivity index (χ0v) is 11.5. The number of fused-ring (bicyclic) bond motifs is 1. The van der Waals surface area contributed by atoms with Crippen LogP contribution in [-0.4, -0.2) is 15.0 Å². The van der Waals surface area contributed by atoms with Gasteiger partial charge in [0.1, 0.15) is 11.6 Å². The third-order valence-electron chi connectivity index (χ3n) is 2.56. The number of nitrogen functional groups attached to an aromatic ring is 1. The summed E-state index contributed by atoms with van der Waals surface area (Å²) in [5.41, 5.74) is 8.02. The number of anilines is 1. The summed E-state index contributed by atoms with van der Waals surface area (Å²) in [7, 11) is 0. The van der Waals surface area contributed by atoms with Gasteiger partial charge in [0.2, 0.25) is 0 Å². The first-order valence-electron chi connectivity index (χ1n) is 5.21. The summed E-state index contributed by atoms with van der Waals surface area (Å²) in [5.74, 6) is 1.19. The van der Waals surface area contributed by atoms with Crippen LogP contribution in [0.5, 0.6) is 0 Å². The van der Waals surface area contributed by atoms with Crippen LogP contribution in [0.15, 0.2) is 34.8 Å². The molecule has 3 rings (SSSR count). The van der Waals surface area contributed by atoms with Gasteiger partial charge < -0.3 is 10.7 Å². The van der Waals surface area contributed by atoms with E-state index < -0.39 is 0 Å². The molecule has 0 saturated heterocycles. The molecule has 2 heterocycles. The van der Waals surface area contributed by atoms with Crippen molar-refractivity contribution in [2.24, 2.45) is 0 Å². The van der Waals surface area contributed by atoms with Gasteiger partial charge >= 0.3 is 0 Å². The Labute approximate surface area is 116 Å². The Hall–Kier alpha value is -1.59. The van der Waals surface area contributed by atoms with Gasteiger partial charge in [0.15, 0.2) is 5.65 Å². The Morgan fingerprint density at radius 1 is 1.17 bits per heavy atom. The fourth-order valence-electron chi connectivity index (χ4n) is 1.69. The quantitative estimate of drug-likeness (QED) is 0.718. The van der Waals surface area contributed by atoms with Gasteiger partial charge in [-0.15, -0.1) is 0 Å². The molecule has 3 aromatic rings. The van der Waals surface area contributed by atoms with Crippen LogP contribution in [0.3, 0.4) is 0 Å². The fourth-order valence-corrected chi connectivity index (χ4v) is 2.18. The summed E-state index contributed by atoms with van der Waals surface area (Å²) in [6.45, 7) is 0. The SMILES string of the molecule is Nc1ccc2[nH]c(-c3ccc(Cl)c(Br)c3)nc2n1. The van der Waals surface area contributed by atoms with Crippen LogP contribution < -0.4 is 5.73 Å². The van der Waals surface area contributed by atoms with Gasteiger partial charge in [-0.3, -0.25) is 0 Å². The van der Waals surface area contributed by atoms with E-state index in [1.807, 2.05) is 24.3 Å². The van der Waals surface area contributed by atoms with Crippen LogP contribution in [0, 0.1) is 0 Å². The highest BCUT2D eigenvalue weighted by Crippen LogP contribution is 2.28. The molecule has 0 unspecified atom stereocenters. The molecule has 0 saturated carbocycles. The molecule has 2 aromatic heterocycles. The predicted molar refractivity (Wildman–Crippen MR) is 76.4 cm³/mol. The number of nitrogens with zero attached hydrogens (tertiary/aromatic N) is 2. The van der Waals surface area contributed by atoms with E-state index in [0.29, 0.717) is 16.5 Å². The van der Waals surface area contributed by atoms with E-state index in [2.05, 4.69) is 30.9 Å². The average molecular weight is 324 g/mol. The lowest BCUT2D eigenvalue weighted by Crippen LogP contribution is -1.88. The third-order valence-corrected chi connectivity index (χ3v) is 3.77. The Morgan fingerprint density at radius 3 is 2.78 bits per heavy atom. The van der Waals surface area contributed by atoms with E-state index in [9.17, 15) is 0 Å². The number of rotatable bonds is 1. The van der Waals surface area contributed by atoms with E-state index in [4.69, 9.17) is 17.3 Å². The second-order valence-electron chi connectivity index (χ2n) is 3.82. The molecule has 0 fully saturated rings. The lowest BCUT2D eigenvalue weighted by Gasteiger charge is -1.99. The van der Waals surface area contributed by atoms with Gasteiger partial charge in [0.25, 0.3) is 0 Å². The highest BCUT2D eigenvalue weighted by atomic mass is 79.9. The summed E-state index contributed by atoms with van der Waals surface area (Å²) in [6, 6.07) is 9.22. The molecule has 0 radical (unpaired) electrons. The first-order valence-corrected chi connectivity index (χ1v) is 6.38. The van der Waals surface area contributed by atoms with Crippen molar-refractivity contribution >= 4 is 44.5 Å². The molecule has 4 nitrogen and oxygen atoms in total. The van der Waals surface area contributed by atoms with Gasteiger partial charge in [0.05, 0.1) is 10.5 Å². The Balaban J connectivity index is 2.16. The summed E-state index contributed by atoms with van der Waals surface area (Å²) in [4.78, 5) is 11.8. The summed E-state index contributed by atoms with van der Waals surface area (Å²) < 4.78 is 0.828. The molecule has 0 amide bonds. The number of pyridine rings is 1. The second-order valence-corrected chi connectivity index (χ2v) is 5.08. The molecule has 0 aliphatic carbocycles. The number of H-pyrrole nitrogens is 1. The van der Waals surface area contributed by atoms with Crippen LogP contribution in [0.25, 0.3) is 22.6 Å². The van der Waals surface area contributed by atoms with E-state index in [1.165, 1.54) is 0 Å². The number of nitrogens with one attached hydrogen (secondary N) is 1. The van der Waals surface area contributed by atoms with Gasteiger partial charge in [0, 0.05) is 10.0 Å². The second kappa shape index (κ2) is 4.26. The zero-order valence-electron chi connectivity index (χ0n) is 9.11. The maximum absolute atomic E-state index is 5.96. The van der Waals surface area contributed by atoms with Crippen LogP contribution in [-0.2, 0) is 0 Å². The summed E-state index contributed by atoms with van der Waals surface area (Å²) in [5, 5.41) is 0.664. The Bertz CT molecular complexity index is 738.